The van der Waals surface area contributed by atoms with E-state index in [0.717, 1.165) is 24.2 Å². The standard InChI is InChI=1S/C21H23N7O2/c1-12-4-5-16(28-24-6-7-25-28)20(26-12)21(29)27-14(3)15-8-17(27)18(9-15)30-19-11-22-13(2)10-23-19/h4-7,10-11,14-15,17-18H,8-9H2,1-3H3. The third-order valence-corrected chi connectivity index (χ3v) is 6.10. The van der Waals surface area contributed by atoms with Gasteiger partial charge in [0, 0.05) is 11.7 Å². The fourth-order valence-electron chi connectivity index (χ4n) is 4.62. The lowest BCUT2D eigenvalue weighted by Crippen LogP contribution is -2.51. The van der Waals surface area contributed by atoms with Gasteiger partial charge in [-0.3, -0.25) is 9.78 Å². The summed E-state index contributed by atoms with van der Waals surface area (Å²) in [7, 11) is 0. The normalized spacial score (nSPS) is 25.0. The van der Waals surface area contributed by atoms with Crippen molar-refractivity contribution in [3.8, 4) is 11.6 Å². The molecule has 4 heterocycles. The van der Waals surface area contributed by atoms with Crippen molar-refractivity contribution in [1.29, 1.82) is 0 Å². The number of rotatable bonds is 4. The van der Waals surface area contributed by atoms with Crippen LogP contribution in [0.3, 0.4) is 0 Å². The van der Waals surface area contributed by atoms with E-state index in [9.17, 15) is 4.79 Å². The van der Waals surface area contributed by atoms with Crippen LogP contribution in [0.2, 0.25) is 0 Å². The Morgan fingerprint density at radius 3 is 2.57 bits per heavy atom. The lowest BCUT2D eigenvalue weighted by Gasteiger charge is -2.37. The first kappa shape index (κ1) is 18.7. The average molecular weight is 405 g/mol. The maximum absolute atomic E-state index is 13.7. The molecule has 154 valence electrons. The molecule has 2 fully saturated rings. The number of piperidine rings is 1. The van der Waals surface area contributed by atoms with Crippen molar-refractivity contribution in [3.63, 3.8) is 0 Å². The van der Waals surface area contributed by atoms with Crippen LogP contribution in [0, 0.1) is 19.8 Å². The molecule has 9 heteroatoms. The van der Waals surface area contributed by atoms with Crippen molar-refractivity contribution >= 4 is 5.91 Å². The number of fused-ring (bicyclic) bond motifs is 2. The highest BCUT2D eigenvalue weighted by Crippen LogP contribution is 2.44. The van der Waals surface area contributed by atoms with Gasteiger partial charge in [0.05, 0.1) is 36.5 Å². The lowest BCUT2D eigenvalue weighted by molar-refractivity contribution is 0.0308. The molecule has 1 saturated carbocycles. The number of aromatic nitrogens is 6. The van der Waals surface area contributed by atoms with E-state index in [1.54, 1.807) is 24.8 Å². The number of likely N-dealkylation sites (tertiary alicyclic amines) is 1. The second kappa shape index (κ2) is 7.16. The number of hydrogen-bond acceptors (Lipinski definition) is 7. The highest BCUT2D eigenvalue weighted by Gasteiger charge is 2.53. The van der Waals surface area contributed by atoms with Crippen LogP contribution in [-0.4, -0.2) is 58.9 Å². The fraction of sp³-hybridized carbons (Fsp3) is 0.429. The van der Waals surface area contributed by atoms with E-state index in [2.05, 4.69) is 32.1 Å². The van der Waals surface area contributed by atoms with Crippen LogP contribution in [0.4, 0.5) is 0 Å². The van der Waals surface area contributed by atoms with Crippen LogP contribution in [-0.2, 0) is 0 Å². The number of amides is 1. The predicted octanol–water partition coefficient (Wildman–Crippen LogP) is 2.14. The molecule has 4 unspecified atom stereocenters. The molecule has 0 N–H and O–H groups in total. The summed E-state index contributed by atoms with van der Waals surface area (Å²) in [6, 6.07) is 3.79. The number of carbonyl (C=O) groups excluding carboxylic acids is 1. The highest BCUT2D eigenvalue weighted by molar-refractivity contribution is 5.96. The molecule has 1 saturated heterocycles. The third-order valence-electron chi connectivity index (χ3n) is 6.10. The molecule has 9 nitrogen and oxygen atoms in total. The Kier molecular flexibility index (Phi) is 4.45. The number of hydrogen-bond donors (Lipinski definition) is 0. The Morgan fingerprint density at radius 1 is 1.07 bits per heavy atom. The quantitative estimate of drug-likeness (QED) is 0.656. The second-order valence-electron chi connectivity index (χ2n) is 8.04. The van der Waals surface area contributed by atoms with Gasteiger partial charge in [-0.1, -0.05) is 0 Å². The van der Waals surface area contributed by atoms with Crippen LogP contribution in [0.15, 0.2) is 36.9 Å². The third kappa shape index (κ3) is 3.10. The fourth-order valence-corrected chi connectivity index (χ4v) is 4.62. The van der Waals surface area contributed by atoms with Gasteiger partial charge in [0.2, 0.25) is 5.88 Å². The Bertz CT molecular complexity index is 1070. The summed E-state index contributed by atoms with van der Waals surface area (Å²) in [5.74, 6) is 0.765. The Hall–Kier alpha value is -3.36. The van der Waals surface area contributed by atoms with Crippen LogP contribution in [0.1, 0.15) is 41.6 Å². The molecule has 0 spiro atoms. The topological polar surface area (TPSA) is 98.9 Å². The summed E-state index contributed by atoms with van der Waals surface area (Å²) in [5, 5.41) is 8.37. The van der Waals surface area contributed by atoms with Crippen LogP contribution in [0.25, 0.3) is 5.69 Å². The summed E-state index contributed by atoms with van der Waals surface area (Å²) in [4.78, 5) is 30.2. The molecule has 1 aliphatic carbocycles. The van der Waals surface area contributed by atoms with Gasteiger partial charge in [0.25, 0.3) is 5.91 Å². The molecule has 3 aromatic rings. The van der Waals surface area contributed by atoms with Crippen LogP contribution < -0.4 is 4.74 Å². The van der Waals surface area contributed by atoms with Crippen molar-refractivity contribution in [2.75, 3.05) is 0 Å². The summed E-state index contributed by atoms with van der Waals surface area (Å²) >= 11 is 0. The molecular formula is C21H23N7O2. The van der Waals surface area contributed by atoms with E-state index in [-0.39, 0.29) is 24.1 Å². The minimum atomic E-state index is -0.116. The molecule has 3 aromatic heterocycles. The minimum Gasteiger partial charge on any atom is -0.471 e. The minimum absolute atomic E-state index is 0.0265. The first-order chi connectivity index (χ1) is 14.5. The lowest BCUT2D eigenvalue weighted by atomic mass is 9.98. The van der Waals surface area contributed by atoms with Gasteiger partial charge in [0.1, 0.15) is 11.8 Å². The van der Waals surface area contributed by atoms with E-state index >= 15 is 0 Å². The molecule has 2 bridgehead atoms. The predicted molar refractivity (Wildman–Crippen MR) is 107 cm³/mol. The number of ether oxygens (including phenoxy) is 1. The molecule has 0 radical (unpaired) electrons. The van der Waals surface area contributed by atoms with E-state index in [0.29, 0.717) is 23.2 Å². The molecular weight excluding hydrogens is 382 g/mol. The zero-order valence-corrected chi connectivity index (χ0v) is 17.1. The number of nitrogens with zero attached hydrogens (tertiary/aromatic N) is 7. The van der Waals surface area contributed by atoms with Crippen LogP contribution in [0.5, 0.6) is 5.88 Å². The van der Waals surface area contributed by atoms with Gasteiger partial charge >= 0.3 is 0 Å². The molecule has 1 amide bonds. The largest absolute Gasteiger partial charge is 0.471 e. The first-order valence-corrected chi connectivity index (χ1v) is 10.1. The first-order valence-electron chi connectivity index (χ1n) is 10.1. The van der Waals surface area contributed by atoms with Gasteiger partial charge in [-0.25, -0.2) is 9.97 Å². The van der Waals surface area contributed by atoms with Crippen molar-refractivity contribution < 1.29 is 9.53 Å². The Balaban J connectivity index is 1.45. The zero-order chi connectivity index (χ0) is 20.8. The summed E-state index contributed by atoms with van der Waals surface area (Å²) in [6.45, 7) is 5.86. The number of carbonyl (C=O) groups is 1. The van der Waals surface area contributed by atoms with E-state index in [1.807, 2.05) is 30.9 Å². The van der Waals surface area contributed by atoms with Crippen molar-refractivity contribution in [2.24, 2.45) is 5.92 Å². The van der Waals surface area contributed by atoms with E-state index < -0.39 is 0 Å². The maximum Gasteiger partial charge on any atom is 0.275 e. The Morgan fingerprint density at radius 2 is 1.87 bits per heavy atom. The number of aryl methyl sites for hydroxylation is 2. The average Bonchev–Trinajstić information content (AvgIpc) is 3.46. The van der Waals surface area contributed by atoms with Crippen molar-refractivity contribution in [1.82, 2.24) is 34.8 Å². The molecule has 0 aromatic carbocycles. The Labute approximate surface area is 174 Å². The molecule has 1 aliphatic heterocycles. The van der Waals surface area contributed by atoms with Gasteiger partial charge in [-0.2, -0.15) is 10.2 Å². The number of pyridine rings is 1. The SMILES string of the molecule is Cc1cnc(OC2CC3CC2N(C(=O)c2nc(C)ccc2-n2nccn2)C3C)cn1. The van der Waals surface area contributed by atoms with Crippen molar-refractivity contribution in [3.05, 3.63) is 54.0 Å². The van der Waals surface area contributed by atoms with E-state index in [4.69, 9.17) is 4.74 Å². The summed E-state index contributed by atoms with van der Waals surface area (Å²) in [6.07, 6.45) is 8.21. The van der Waals surface area contributed by atoms with Gasteiger partial charge in [0.15, 0.2) is 5.69 Å². The van der Waals surface area contributed by atoms with Gasteiger partial charge < -0.3 is 9.64 Å². The van der Waals surface area contributed by atoms with E-state index in [1.165, 1.54) is 4.80 Å². The maximum atomic E-state index is 13.7. The highest BCUT2D eigenvalue weighted by atomic mass is 16.5. The zero-order valence-electron chi connectivity index (χ0n) is 17.1. The van der Waals surface area contributed by atoms with Gasteiger partial charge in [-0.15, -0.1) is 4.80 Å². The van der Waals surface area contributed by atoms with Crippen LogP contribution >= 0.6 is 0 Å². The second-order valence-corrected chi connectivity index (χ2v) is 8.04. The molecule has 2 aliphatic rings. The summed E-state index contributed by atoms with van der Waals surface area (Å²) < 4.78 is 6.14. The monoisotopic (exact) mass is 405 g/mol. The molecule has 5 rings (SSSR count). The smallest absolute Gasteiger partial charge is 0.275 e. The van der Waals surface area contributed by atoms with Gasteiger partial charge in [-0.05, 0) is 51.7 Å². The summed E-state index contributed by atoms with van der Waals surface area (Å²) in [5.41, 5.74) is 2.55. The van der Waals surface area contributed by atoms with Crippen molar-refractivity contribution in [2.45, 2.75) is 51.8 Å². The molecule has 30 heavy (non-hydrogen) atoms. The molecule has 4 atom stereocenters.